The molecule has 0 N–H and O–H groups in total. The van der Waals surface area contributed by atoms with E-state index in [1.807, 2.05) is 0 Å². The van der Waals surface area contributed by atoms with Gasteiger partial charge in [0.05, 0.1) is 5.38 Å². The molecule has 2 rings (SSSR count). The van der Waals surface area contributed by atoms with Crippen molar-refractivity contribution in [1.29, 1.82) is 0 Å². The van der Waals surface area contributed by atoms with Crippen LogP contribution in [0.25, 0.3) is 0 Å². The van der Waals surface area contributed by atoms with Gasteiger partial charge in [-0.3, -0.25) is 0 Å². The van der Waals surface area contributed by atoms with Crippen LogP contribution in [0.1, 0.15) is 49.3 Å². The number of hydrogen-bond donors (Lipinski definition) is 0. The molecule has 0 fully saturated rings. The molecule has 0 aliphatic rings. The van der Waals surface area contributed by atoms with Crippen LogP contribution in [0, 0.1) is 5.82 Å². The van der Waals surface area contributed by atoms with Gasteiger partial charge in [0, 0.05) is 0 Å². The van der Waals surface area contributed by atoms with Crippen molar-refractivity contribution in [3.8, 4) is 0 Å². The van der Waals surface area contributed by atoms with Crippen molar-refractivity contribution in [3.05, 3.63) is 71.0 Å². The van der Waals surface area contributed by atoms with Gasteiger partial charge in [-0.1, -0.05) is 57.2 Å². The quantitative estimate of drug-likeness (QED) is 0.620. The van der Waals surface area contributed by atoms with Crippen LogP contribution < -0.4 is 0 Å². The second-order valence-electron chi connectivity index (χ2n) is 5.77. The van der Waals surface area contributed by atoms with Crippen molar-refractivity contribution < 1.29 is 4.39 Å². The zero-order chi connectivity index (χ0) is 14.8. The first-order valence-corrected chi connectivity index (χ1v) is 7.37. The van der Waals surface area contributed by atoms with Gasteiger partial charge in [0.2, 0.25) is 0 Å². The highest BCUT2D eigenvalue weighted by molar-refractivity contribution is 6.22. The van der Waals surface area contributed by atoms with Gasteiger partial charge in [0.15, 0.2) is 0 Å². The molecule has 2 aromatic rings. The van der Waals surface area contributed by atoms with Crippen LogP contribution in [-0.4, -0.2) is 0 Å². The molecule has 0 saturated heterocycles. The lowest BCUT2D eigenvalue weighted by molar-refractivity contribution is 0.506. The summed E-state index contributed by atoms with van der Waals surface area (Å²) in [5.41, 5.74) is 3.44. The zero-order valence-corrected chi connectivity index (χ0v) is 12.9. The maximum absolute atomic E-state index is 12.9. The molecule has 2 heteroatoms. The highest BCUT2D eigenvalue weighted by atomic mass is 35.5. The first kappa shape index (κ1) is 15.1. The van der Waals surface area contributed by atoms with E-state index in [1.54, 1.807) is 12.1 Å². The van der Waals surface area contributed by atoms with E-state index in [2.05, 4.69) is 45.0 Å². The van der Waals surface area contributed by atoms with E-state index < -0.39 is 0 Å². The van der Waals surface area contributed by atoms with Gasteiger partial charge in [0.25, 0.3) is 0 Å². The maximum atomic E-state index is 12.9. The molecular weight excluding hydrogens is 271 g/mol. The molecular formula is C18H20ClF. The second-order valence-corrected chi connectivity index (χ2v) is 6.21. The van der Waals surface area contributed by atoms with E-state index >= 15 is 0 Å². The van der Waals surface area contributed by atoms with Crippen molar-refractivity contribution in [3.63, 3.8) is 0 Å². The van der Waals surface area contributed by atoms with Gasteiger partial charge < -0.3 is 0 Å². The zero-order valence-electron chi connectivity index (χ0n) is 12.2. The Morgan fingerprint density at radius 1 is 0.950 bits per heavy atom. The lowest BCUT2D eigenvalue weighted by Gasteiger charge is -2.23. The first-order chi connectivity index (χ1) is 9.44. The molecule has 2 aromatic carbocycles. The second kappa shape index (κ2) is 5.97. The Bertz CT molecular complexity index is 555. The SMILES string of the molecule is CCC(C)(C)c1ccc(C(Cl)c2ccc(F)cc2)cc1. The minimum absolute atomic E-state index is 0.177. The Labute approximate surface area is 125 Å². The van der Waals surface area contributed by atoms with Crippen LogP contribution in [-0.2, 0) is 5.41 Å². The third kappa shape index (κ3) is 3.21. The minimum atomic E-state index is -0.241. The van der Waals surface area contributed by atoms with Crippen molar-refractivity contribution in [1.82, 2.24) is 0 Å². The molecule has 0 aliphatic heterocycles. The molecule has 0 saturated carbocycles. The lowest BCUT2D eigenvalue weighted by Crippen LogP contribution is -2.15. The molecule has 0 aliphatic carbocycles. The Balaban J connectivity index is 2.23. The Morgan fingerprint density at radius 2 is 1.40 bits per heavy atom. The Morgan fingerprint density at radius 3 is 1.85 bits per heavy atom. The molecule has 0 aromatic heterocycles. The van der Waals surface area contributed by atoms with E-state index in [-0.39, 0.29) is 16.6 Å². The standard InChI is InChI=1S/C18H20ClF/c1-4-18(2,3)15-9-5-13(6-10-15)17(19)14-7-11-16(20)12-8-14/h5-12,17H,4H2,1-3H3. The van der Waals surface area contributed by atoms with Crippen LogP contribution >= 0.6 is 11.6 Å². The fraction of sp³-hybridized carbons (Fsp3) is 0.333. The molecule has 0 radical (unpaired) electrons. The molecule has 0 amide bonds. The third-order valence-corrected chi connectivity index (χ3v) is 4.54. The van der Waals surface area contributed by atoms with Crippen molar-refractivity contribution in [2.75, 3.05) is 0 Å². The molecule has 0 bridgehead atoms. The van der Waals surface area contributed by atoms with E-state index in [4.69, 9.17) is 11.6 Å². The summed E-state index contributed by atoms with van der Waals surface area (Å²) in [6, 6.07) is 14.8. The monoisotopic (exact) mass is 290 g/mol. The smallest absolute Gasteiger partial charge is 0.123 e. The first-order valence-electron chi connectivity index (χ1n) is 6.94. The van der Waals surface area contributed by atoms with E-state index in [9.17, 15) is 4.39 Å². The summed E-state index contributed by atoms with van der Waals surface area (Å²) < 4.78 is 12.9. The molecule has 1 unspecified atom stereocenters. The molecule has 1 atom stereocenters. The number of benzene rings is 2. The summed E-state index contributed by atoms with van der Waals surface area (Å²) in [6.45, 7) is 6.66. The topological polar surface area (TPSA) is 0 Å². The van der Waals surface area contributed by atoms with Crippen LogP contribution in [0.15, 0.2) is 48.5 Å². The fourth-order valence-corrected chi connectivity index (χ4v) is 2.42. The highest BCUT2D eigenvalue weighted by Crippen LogP contribution is 2.32. The maximum Gasteiger partial charge on any atom is 0.123 e. The summed E-state index contributed by atoms with van der Waals surface area (Å²) >= 11 is 6.46. The number of hydrogen-bond acceptors (Lipinski definition) is 0. The molecule has 0 nitrogen and oxygen atoms in total. The van der Waals surface area contributed by atoms with Crippen molar-refractivity contribution in [2.24, 2.45) is 0 Å². The fourth-order valence-electron chi connectivity index (χ4n) is 2.13. The van der Waals surface area contributed by atoms with Gasteiger partial charge in [-0.25, -0.2) is 4.39 Å². The molecule has 0 spiro atoms. The molecule has 0 heterocycles. The minimum Gasteiger partial charge on any atom is -0.207 e. The average molecular weight is 291 g/mol. The van der Waals surface area contributed by atoms with Gasteiger partial charge in [0.1, 0.15) is 5.82 Å². The van der Waals surface area contributed by atoms with Crippen LogP contribution in [0.4, 0.5) is 4.39 Å². The lowest BCUT2D eigenvalue weighted by atomic mass is 9.82. The van der Waals surface area contributed by atoms with Gasteiger partial charge >= 0.3 is 0 Å². The van der Waals surface area contributed by atoms with Crippen LogP contribution in [0.3, 0.4) is 0 Å². The van der Waals surface area contributed by atoms with Crippen LogP contribution in [0.5, 0.6) is 0 Å². The average Bonchev–Trinajstić information content (AvgIpc) is 2.47. The summed E-state index contributed by atoms with van der Waals surface area (Å²) in [5.74, 6) is -0.238. The van der Waals surface area contributed by atoms with E-state index in [0.717, 1.165) is 17.5 Å². The van der Waals surface area contributed by atoms with Gasteiger partial charge in [-0.05, 0) is 40.7 Å². The van der Waals surface area contributed by atoms with Crippen molar-refractivity contribution >= 4 is 11.6 Å². The largest absolute Gasteiger partial charge is 0.207 e. The normalized spacial score (nSPS) is 13.2. The van der Waals surface area contributed by atoms with Gasteiger partial charge in [-0.15, -0.1) is 11.6 Å². The summed E-state index contributed by atoms with van der Waals surface area (Å²) in [6.07, 6.45) is 1.09. The van der Waals surface area contributed by atoms with E-state index in [0.29, 0.717) is 0 Å². The number of halogens is 2. The third-order valence-electron chi connectivity index (χ3n) is 4.03. The Hall–Kier alpha value is -1.34. The molecule has 106 valence electrons. The summed E-state index contributed by atoms with van der Waals surface area (Å²) in [4.78, 5) is 0. The number of alkyl halides is 1. The predicted octanol–water partition coefficient (Wildman–Crippen LogP) is 5.84. The Kier molecular flexibility index (Phi) is 4.49. The predicted molar refractivity (Wildman–Crippen MR) is 83.9 cm³/mol. The van der Waals surface area contributed by atoms with E-state index in [1.165, 1.54) is 17.7 Å². The summed E-state index contributed by atoms with van der Waals surface area (Å²) in [7, 11) is 0. The van der Waals surface area contributed by atoms with Crippen molar-refractivity contribution in [2.45, 2.75) is 38.0 Å². The number of rotatable bonds is 4. The molecule has 20 heavy (non-hydrogen) atoms. The van der Waals surface area contributed by atoms with Gasteiger partial charge in [-0.2, -0.15) is 0 Å². The summed E-state index contributed by atoms with van der Waals surface area (Å²) in [5, 5.41) is -0.241. The highest BCUT2D eigenvalue weighted by Gasteiger charge is 2.18. The van der Waals surface area contributed by atoms with Crippen LogP contribution in [0.2, 0.25) is 0 Å².